The maximum atomic E-state index is 12.7. The van der Waals surface area contributed by atoms with E-state index in [9.17, 15) is 14.7 Å². The molecule has 1 unspecified atom stereocenters. The molecule has 0 radical (unpaired) electrons. The zero-order chi connectivity index (χ0) is 21.1. The zero-order valence-electron chi connectivity index (χ0n) is 16.7. The number of ketones is 1. The number of hydrogen-bond acceptors (Lipinski definition) is 6. The van der Waals surface area contributed by atoms with E-state index >= 15 is 0 Å². The number of ether oxygens (including phenoxy) is 3. The van der Waals surface area contributed by atoms with Gasteiger partial charge in [-0.05, 0) is 60.8 Å². The van der Waals surface area contributed by atoms with Gasteiger partial charge in [-0.1, -0.05) is 0 Å². The molecule has 0 saturated carbocycles. The highest BCUT2D eigenvalue weighted by Crippen LogP contribution is 2.35. The third-order valence-electron chi connectivity index (χ3n) is 5.10. The fourth-order valence-corrected chi connectivity index (χ4v) is 3.94. The molecule has 0 spiro atoms. The molecule has 2 heterocycles. The van der Waals surface area contributed by atoms with Gasteiger partial charge in [0.25, 0.3) is 0 Å². The number of aryl methyl sites for hydroxylation is 1. The largest absolute Gasteiger partial charge is 0.503 e. The molecule has 7 nitrogen and oxygen atoms in total. The first kappa shape index (κ1) is 21.4. The summed E-state index contributed by atoms with van der Waals surface area (Å²) in [6, 6.07) is 4.60. The molecule has 0 amide bonds. The Kier molecular flexibility index (Phi) is 6.64. The summed E-state index contributed by atoms with van der Waals surface area (Å²) in [5.41, 5.74) is 2.52. The highest BCUT2D eigenvalue weighted by Gasteiger charge is 2.22. The van der Waals surface area contributed by atoms with Crippen LogP contribution in [0.2, 0.25) is 0 Å². The molecule has 1 N–H and O–H groups in total. The van der Waals surface area contributed by atoms with Gasteiger partial charge in [-0.25, -0.2) is 4.79 Å². The number of methoxy groups -OCH3 is 1. The third kappa shape index (κ3) is 4.64. The van der Waals surface area contributed by atoms with Crippen LogP contribution in [0.1, 0.15) is 44.9 Å². The van der Waals surface area contributed by atoms with Crippen molar-refractivity contribution in [2.75, 3.05) is 20.3 Å². The third-order valence-corrected chi connectivity index (χ3v) is 5.71. The minimum Gasteiger partial charge on any atom is -0.503 e. The van der Waals surface area contributed by atoms with E-state index in [4.69, 9.17) is 14.2 Å². The summed E-state index contributed by atoms with van der Waals surface area (Å²) in [6.45, 7) is 4.96. The summed E-state index contributed by atoms with van der Waals surface area (Å²) in [5, 5.41) is 9.84. The molecule has 0 bridgehead atoms. The van der Waals surface area contributed by atoms with Gasteiger partial charge < -0.3 is 23.9 Å². The Hall–Kier alpha value is -2.32. The number of halogens is 1. The number of hydrogen-bond donors (Lipinski definition) is 1. The first-order chi connectivity index (χ1) is 13.8. The lowest BCUT2D eigenvalue weighted by atomic mass is 10.1. The van der Waals surface area contributed by atoms with Crippen molar-refractivity contribution in [2.24, 2.45) is 0 Å². The van der Waals surface area contributed by atoms with Crippen LogP contribution in [0, 0.1) is 13.8 Å². The van der Waals surface area contributed by atoms with Gasteiger partial charge in [-0.15, -0.1) is 0 Å². The van der Waals surface area contributed by atoms with Crippen LogP contribution in [0.15, 0.2) is 22.7 Å². The number of rotatable bonds is 7. The van der Waals surface area contributed by atoms with Gasteiger partial charge in [0.15, 0.2) is 18.1 Å². The van der Waals surface area contributed by atoms with Crippen molar-refractivity contribution in [3.05, 3.63) is 45.2 Å². The van der Waals surface area contributed by atoms with Gasteiger partial charge in [0.2, 0.25) is 5.78 Å². The number of Topliss-reactive ketones (excluding diaryl/α,β-unsaturated/α-hetero) is 1. The van der Waals surface area contributed by atoms with Crippen molar-refractivity contribution in [3.8, 4) is 11.5 Å². The predicted molar refractivity (Wildman–Crippen MR) is 110 cm³/mol. The molecule has 2 aromatic rings. The van der Waals surface area contributed by atoms with Crippen molar-refractivity contribution < 1.29 is 28.9 Å². The Labute approximate surface area is 177 Å². The van der Waals surface area contributed by atoms with Gasteiger partial charge in [0.05, 0.1) is 23.2 Å². The number of nitrogens with zero attached hydrogens (tertiary/aromatic N) is 1. The second-order valence-corrected chi connectivity index (χ2v) is 7.89. The number of phenolic OH excluding ortho intramolecular Hbond substituents is 1. The van der Waals surface area contributed by atoms with E-state index < -0.39 is 5.97 Å². The lowest BCUT2D eigenvalue weighted by Crippen LogP contribution is -2.18. The maximum Gasteiger partial charge on any atom is 0.338 e. The van der Waals surface area contributed by atoms with E-state index in [0.717, 1.165) is 30.8 Å². The highest BCUT2D eigenvalue weighted by molar-refractivity contribution is 9.10. The molecule has 1 fully saturated rings. The summed E-state index contributed by atoms with van der Waals surface area (Å²) in [6.07, 6.45) is 2.25. The molecule has 1 saturated heterocycles. The number of carbonyl (C=O) groups is 2. The summed E-state index contributed by atoms with van der Waals surface area (Å²) >= 11 is 3.16. The molecular weight excluding hydrogens is 442 g/mol. The number of esters is 1. The van der Waals surface area contributed by atoms with Crippen LogP contribution < -0.4 is 4.74 Å². The van der Waals surface area contributed by atoms with Crippen LogP contribution in [0.3, 0.4) is 0 Å². The predicted octanol–water partition coefficient (Wildman–Crippen LogP) is 3.80. The molecule has 8 heteroatoms. The van der Waals surface area contributed by atoms with Crippen LogP contribution >= 0.6 is 15.9 Å². The first-order valence-corrected chi connectivity index (χ1v) is 10.2. The monoisotopic (exact) mass is 465 g/mol. The summed E-state index contributed by atoms with van der Waals surface area (Å²) in [5.74, 6) is -0.922. The molecule has 0 aliphatic carbocycles. The molecule has 156 valence electrons. The second-order valence-electron chi connectivity index (χ2n) is 7.04. The number of carbonyl (C=O) groups excluding carboxylic acids is 2. The van der Waals surface area contributed by atoms with Gasteiger partial charge in [-0.3, -0.25) is 4.79 Å². The van der Waals surface area contributed by atoms with E-state index in [1.54, 1.807) is 0 Å². The quantitative estimate of drug-likeness (QED) is 0.494. The van der Waals surface area contributed by atoms with Crippen LogP contribution in [0.5, 0.6) is 11.5 Å². The maximum absolute atomic E-state index is 12.7. The number of phenols is 1. The van der Waals surface area contributed by atoms with E-state index in [0.29, 0.717) is 16.6 Å². The fourth-order valence-electron chi connectivity index (χ4n) is 3.50. The number of aromatic hydroxyl groups is 1. The Morgan fingerprint density at radius 3 is 2.72 bits per heavy atom. The van der Waals surface area contributed by atoms with Gasteiger partial charge in [0, 0.05) is 30.1 Å². The van der Waals surface area contributed by atoms with Gasteiger partial charge in [-0.2, -0.15) is 0 Å². The summed E-state index contributed by atoms with van der Waals surface area (Å²) in [7, 11) is 1.38. The zero-order valence-corrected chi connectivity index (χ0v) is 18.2. The fraction of sp³-hybridized carbons (Fsp3) is 0.429. The van der Waals surface area contributed by atoms with E-state index in [2.05, 4.69) is 20.5 Å². The Morgan fingerprint density at radius 1 is 1.31 bits per heavy atom. The average molecular weight is 466 g/mol. The molecule has 29 heavy (non-hydrogen) atoms. The minimum atomic E-state index is -0.675. The standard InChI is InChI=1S/C21H24BrNO6/c1-12-7-16(13(2)23(12)10-15-5-4-6-28-15)18(24)11-29-21(26)14-8-17(22)20(25)19(9-14)27-3/h7-9,15,25H,4-6,10-11H2,1-3H3. The SMILES string of the molecule is COc1cc(C(=O)OCC(=O)c2cc(C)n(CC3CCCO3)c2C)cc(Br)c1O. The lowest BCUT2D eigenvalue weighted by molar-refractivity contribution is 0.0474. The molecule has 3 rings (SSSR count). The molecule has 1 atom stereocenters. The lowest BCUT2D eigenvalue weighted by Gasteiger charge is -2.14. The van der Waals surface area contributed by atoms with E-state index in [1.807, 2.05) is 19.9 Å². The average Bonchev–Trinajstić information content (AvgIpc) is 3.31. The van der Waals surface area contributed by atoms with Crippen molar-refractivity contribution in [2.45, 2.75) is 39.3 Å². The molecule has 1 aliphatic rings. The number of benzene rings is 1. The molecule has 1 aromatic heterocycles. The minimum absolute atomic E-state index is 0.112. The van der Waals surface area contributed by atoms with Crippen LogP contribution in [-0.2, 0) is 16.0 Å². The molecule has 1 aliphatic heterocycles. The molecule has 1 aromatic carbocycles. The first-order valence-electron chi connectivity index (χ1n) is 9.37. The smallest absolute Gasteiger partial charge is 0.338 e. The van der Waals surface area contributed by atoms with Crippen molar-refractivity contribution in [3.63, 3.8) is 0 Å². The number of aromatic nitrogens is 1. The van der Waals surface area contributed by atoms with Crippen LogP contribution in [-0.4, -0.2) is 47.9 Å². The van der Waals surface area contributed by atoms with Crippen LogP contribution in [0.25, 0.3) is 0 Å². The van der Waals surface area contributed by atoms with Crippen LogP contribution in [0.4, 0.5) is 0 Å². The van der Waals surface area contributed by atoms with Gasteiger partial charge in [0.1, 0.15) is 0 Å². The van der Waals surface area contributed by atoms with E-state index in [-0.39, 0.29) is 35.6 Å². The Bertz CT molecular complexity index is 930. The second kappa shape index (κ2) is 9.00. The van der Waals surface area contributed by atoms with Crippen molar-refractivity contribution >= 4 is 27.7 Å². The molecular formula is C21H24BrNO6. The topological polar surface area (TPSA) is 87.0 Å². The van der Waals surface area contributed by atoms with Crippen molar-refractivity contribution in [1.82, 2.24) is 4.57 Å². The highest BCUT2D eigenvalue weighted by atomic mass is 79.9. The van der Waals surface area contributed by atoms with Gasteiger partial charge >= 0.3 is 5.97 Å². The normalized spacial score (nSPS) is 16.1. The Balaban J connectivity index is 1.68. The van der Waals surface area contributed by atoms with E-state index in [1.165, 1.54) is 19.2 Å². The Morgan fingerprint density at radius 2 is 2.07 bits per heavy atom. The summed E-state index contributed by atoms with van der Waals surface area (Å²) in [4.78, 5) is 25.0. The summed E-state index contributed by atoms with van der Waals surface area (Å²) < 4.78 is 18.3. The van der Waals surface area contributed by atoms with Crippen molar-refractivity contribution in [1.29, 1.82) is 0 Å².